The molecule has 150 valence electrons. The molecule has 4 atom stereocenters. The second-order valence-electron chi connectivity index (χ2n) is 8.37. The second kappa shape index (κ2) is 7.39. The first-order valence-electron chi connectivity index (χ1n) is 10.0. The number of hydrogen-bond donors (Lipinski definition) is 4. The topological polar surface area (TPSA) is 102 Å². The van der Waals surface area contributed by atoms with Crippen LogP contribution in [0.4, 0.5) is 0 Å². The molecule has 0 bridgehead atoms. The van der Waals surface area contributed by atoms with Gasteiger partial charge in [-0.3, -0.25) is 4.79 Å². The highest BCUT2D eigenvalue weighted by atomic mass is 32.2. The van der Waals surface area contributed by atoms with Gasteiger partial charge >= 0.3 is 5.97 Å². The molecule has 0 aromatic heterocycles. The molecule has 4 aliphatic rings. The van der Waals surface area contributed by atoms with Gasteiger partial charge in [0.05, 0.1) is 18.1 Å². The van der Waals surface area contributed by atoms with Crippen molar-refractivity contribution in [2.75, 3.05) is 13.1 Å². The zero-order chi connectivity index (χ0) is 19.3. The Kier molecular flexibility index (Phi) is 5.26. The summed E-state index contributed by atoms with van der Waals surface area (Å²) >= 11 is 1.64. The maximum absolute atomic E-state index is 12.4. The number of carbonyl (C=O) groups excluding carboxylic acids is 1. The van der Waals surface area contributed by atoms with Crippen molar-refractivity contribution in [1.29, 1.82) is 0 Å². The summed E-state index contributed by atoms with van der Waals surface area (Å²) in [7, 11) is 0. The van der Waals surface area contributed by atoms with Crippen molar-refractivity contribution in [3.8, 4) is 0 Å². The fraction of sp³-hybridized carbons (Fsp3) is 0.789. The molecule has 0 spiro atoms. The lowest BCUT2D eigenvalue weighted by atomic mass is 9.79. The van der Waals surface area contributed by atoms with Gasteiger partial charge in [0.15, 0.2) is 0 Å². The summed E-state index contributed by atoms with van der Waals surface area (Å²) in [6.45, 7) is 5.75. The molecular formula is C19H29N3O4S. The minimum Gasteiger partial charge on any atom is -0.477 e. The molecule has 2 saturated heterocycles. The van der Waals surface area contributed by atoms with E-state index >= 15 is 0 Å². The van der Waals surface area contributed by atoms with Gasteiger partial charge in [-0.25, -0.2) is 4.79 Å². The molecule has 1 amide bonds. The average Bonchev–Trinajstić information content (AvgIpc) is 2.83. The van der Waals surface area contributed by atoms with Crippen LogP contribution < -0.4 is 10.6 Å². The Labute approximate surface area is 163 Å². The van der Waals surface area contributed by atoms with Gasteiger partial charge in [0.1, 0.15) is 5.70 Å². The minimum atomic E-state index is -1.03. The van der Waals surface area contributed by atoms with E-state index in [2.05, 4.69) is 10.6 Å². The van der Waals surface area contributed by atoms with Gasteiger partial charge in [0.25, 0.3) is 0 Å². The van der Waals surface area contributed by atoms with Crippen molar-refractivity contribution in [3.63, 3.8) is 0 Å². The highest BCUT2D eigenvalue weighted by Crippen LogP contribution is 2.53. The molecule has 3 unspecified atom stereocenters. The SMILES string of the molecule is CC1C(SC2CC(NC3CCNCC3)C2)=C(C(=O)O)N2C(=O)C([C@@H](C)O)C12. The molecule has 3 heterocycles. The molecule has 3 aliphatic heterocycles. The summed E-state index contributed by atoms with van der Waals surface area (Å²) in [4.78, 5) is 26.4. The quantitative estimate of drug-likeness (QED) is 0.492. The van der Waals surface area contributed by atoms with Crippen molar-refractivity contribution < 1.29 is 19.8 Å². The molecule has 4 rings (SSSR count). The van der Waals surface area contributed by atoms with Crippen molar-refractivity contribution in [1.82, 2.24) is 15.5 Å². The van der Waals surface area contributed by atoms with Gasteiger partial charge in [-0.05, 0) is 45.7 Å². The number of fused-ring (bicyclic) bond motifs is 1. The summed E-state index contributed by atoms with van der Waals surface area (Å²) in [5.74, 6) is -1.81. The predicted molar refractivity (Wildman–Crippen MR) is 103 cm³/mol. The molecule has 0 aromatic rings. The molecule has 4 N–H and O–H groups in total. The Morgan fingerprint density at radius 3 is 2.56 bits per heavy atom. The third kappa shape index (κ3) is 3.30. The highest BCUT2D eigenvalue weighted by Gasteiger charge is 2.60. The summed E-state index contributed by atoms with van der Waals surface area (Å²) in [5.41, 5.74) is 0.147. The third-order valence-electron chi connectivity index (χ3n) is 6.51. The van der Waals surface area contributed by atoms with Crippen LogP contribution in [-0.4, -0.2) is 69.6 Å². The van der Waals surface area contributed by atoms with Gasteiger partial charge in [0.2, 0.25) is 5.91 Å². The molecule has 0 aromatic carbocycles. The van der Waals surface area contributed by atoms with Crippen LogP contribution in [-0.2, 0) is 9.59 Å². The second-order valence-corrected chi connectivity index (χ2v) is 9.71. The van der Waals surface area contributed by atoms with E-state index in [1.165, 1.54) is 17.7 Å². The zero-order valence-electron chi connectivity index (χ0n) is 15.9. The molecule has 3 fully saturated rings. The van der Waals surface area contributed by atoms with Crippen LogP contribution in [0.5, 0.6) is 0 Å². The van der Waals surface area contributed by atoms with E-state index in [9.17, 15) is 19.8 Å². The van der Waals surface area contributed by atoms with Crippen LogP contribution in [0.1, 0.15) is 39.5 Å². The van der Waals surface area contributed by atoms with Crippen LogP contribution in [0.25, 0.3) is 0 Å². The number of aliphatic hydroxyl groups excluding tert-OH is 1. The maximum Gasteiger partial charge on any atom is 0.353 e. The molecule has 7 nitrogen and oxygen atoms in total. The molecule has 0 radical (unpaired) electrons. The van der Waals surface area contributed by atoms with Gasteiger partial charge in [-0.2, -0.15) is 0 Å². The normalized spacial score (nSPS) is 37.7. The predicted octanol–water partition coefficient (Wildman–Crippen LogP) is 0.746. The number of carbonyl (C=O) groups is 2. The first-order chi connectivity index (χ1) is 12.9. The maximum atomic E-state index is 12.4. The largest absolute Gasteiger partial charge is 0.477 e. The molecule has 1 aliphatic carbocycles. The number of nitrogens with zero attached hydrogens (tertiary/aromatic N) is 1. The number of rotatable bonds is 6. The van der Waals surface area contributed by atoms with E-state index < -0.39 is 18.0 Å². The molecular weight excluding hydrogens is 366 g/mol. The van der Waals surface area contributed by atoms with E-state index in [1.54, 1.807) is 18.7 Å². The molecule has 27 heavy (non-hydrogen) atoms. The fourth-order valence-electron chi connectivity index (χ4n) is 4.98. The molecule has 8 heteroatoms. The van der Waals surface area contributed by atoms with Crippen LogP contribution in [0.3, 0.4) is 0 Å². The Balaban J connectivity index is 1.38. The highest BCUT2D eigenvalue weighted by molar-refractivity contribution is 8.03. The summed E-state index contributed by atoms with van der Waals surface area (Å²) in [6, 6.07) is 0.891. The first-order valence-corrected chi connectivity index (χ1v) is 10.9. The standard InChI is InChI=1S/C19H29N3O4S/c1-9-15-14(10(2)23)18(24)22(15)16(19(25)26)17(9)27-13-7-12(8-13)21-11-3-5-20-6-4-11/h9-15,20-21,23H,3-8H2,1-2H3,(H,25,26)/t9?,10-,12?,13?,14?,15?/m1/s1. The Bertz CT molecular complexity index is 655. The number of hydrogen-bond acceptors (Lipinski definition) is 6. The number of thioether (sulfide) groups is 1. The van der Waals surface area contributed by atoms with Crippen LogP contribution >= 0.6 is 11.8 Å². The Morgan fingerprint density at radius 1 is 1.30 bits per heavy atom. The van der Waals surface area contributed by atoms with Crippen molar-refractivity contribution in [3.05, 3.63) is 10.6 Å². The summed E-state index contributed by atoms with van der Waals surface area (Å²) < 4.78 is 0. The van der Waals surface area contributed by atoms with Gasteiger partial charge in [0, 0.05) is 28.2 Å². The lowest BCUT2D eigenvalue weighted by molar-refractivity contribution is -0.163. The molecule has 1 saturated carbocycles. The number of carboxylic acid groups (broad SMARTS) is 1. The van der Waals surface area contributed by atoms with Crippen molar-refractivity contribution in [2.45, 2.75) is 69.0 Å². The van der Waals surface area contributed by atoms with Gasteiger partial charge < -0.3 is 25.7 Å². The van der Waals surface area contributed by atoms with Crippen molar-refractivity contribution in [2.24, 2.45) is 11.8 Å². The van der Waals surface area contributed by atoms with E-state index in [0.29, 0.717) is 17.3 Å². The van der Waals surface area contributed by atoms with Crippen LogP contribution in [0, 0.1) is 11.8 Å². The van der Waals surface area contributed by atoms with Crippen molar-refractivity contribution >= 4 is 23.6 Å². The van der Waals surface area contributed by atoms with E-state index in [1.807, 2.05) is 6.92 Å². The summed E-state index contributed by atoms with van der Waals surface area (Å²) in [6.07, 6.45) is 3.66. The lowest BCUT2D eigenvalue weighted by Crippen LogP contribution is -2.63. The van der Waals surface area contributed by atoms with Crippen LogP contribution in [0.2, 0.25) is 0 Å². The monoisotopic (exact) mass is 395 g/mol. The first kappa shape index (κ1) is 19.2. The van der Waals surface area contributed by atoms with Gasteiger partial charge in [-0.15, -0.1) is 11.8 Å². The number of nitrogens with one attached hydrogen (secondary N) is 2. The van der Waals surface area contributed by atoms with E-state index in [4.69, 9.17) is 0 Å². The smallest absolute Gasteiger partial charge is 0.353 e. The summed E-state index contributed by atoms with van der Waals surface area (Å²) in [5, 5.41) is 27.1. The minimum absolute atomic E-state index is 0.0326. The third-order valence-corrected chi connectivity index (χ3v) is 8.05. The number of β-lactam (4-membered cyclic amide) rings is 1. The number of amides is 1. The Morgan fingerprint density at radius 2 is 1.96 bits per heavy atom. The lowest BCUT2D eigenvalue weighted by Gasteiger charge is -2.46. The number of aliphatic carboxylic acids is 1. The number of piperidine rings is 1. The number of aliphatic hydroxyl groups is 1. The van der Waals surface area contributed by atoms with Gasteiger partial charge in [-0.1, -0.05) is 6.92 Å². The number of carboxylic acids is 1. The van der Waals surface area contributed by atoms with Crippen LogP contribution in [0.15, 0.2) is 10.6 Å². The van der Waals surface area contributed by atoms with E-state index in [-0.39, 0.29) is 23.6 Å². The fourth-order valence-corrected chi connectivity index (χ4v) is 6.65. The average molecular weight is 396 g/mol. The van der Waals surface area contributed by atoms with E-state index in [0.717, 1.165) is 30.8 Å². The zero-order valence-corrected chi connectivity index (χ0v) is 16.7. The Hall–Kier alpha value is -1.09.